The van der Waals surface area contributed by atoms with Crippen molar-refractivity contribution < 1.29 is 4.79 Å². The molecular formula is C15H21N3O. The summed E-state index contributed by atoms with van der Waals surface area (Å²) in [4.78, 5) is 14.6. The highest BCUT2D eigenvalue weighted by atomic mass is 16.2. The van der Waals surface area contributed by atoms with Crippen LogP contribution in [0.2, 0.25) is 0 Å². The Morgan fingerprint density at radius 3 is 2.79 bits per heavy atom. The number of carbonyl (C=O) groups excluding carboxylic acids is 1. The van der Waals surface area contributed by atoms with Gasteiger partial charge in [0.1, 0.15) is 0 Å². The zero-order valence-electron chi connectivity index (χ0n) is 11.4. The summed E-state index contributed by atoms with van der Waals surface area (Å²) in [7, 11) is 1.89. The second kappa shape index (κ2) is 5.21. The Morgan fingerprint density at radius 2 is 2.05 bits per heavy atom. The van der Waals surface area contributed by atoms with Crippen molar-refractivity contribution in [2.24, 2.45) is 0 Å². The Labute approximate surface area is 114 Å². The maximum Gasteiger partial charge on any atom is 0.242 e. The normalized spacial score (nSPS) is 23.6. The fourth-order valence-corrected chi connectivity index (χ4v) is 3.07. The number of amides is 1. The van der Waals surface area contributed by atoms with Gasteiger partial charge in [-0.1, -0.05) is 12.5 Å². The predicted octanol–water partition coefficient (Wildman–Crippen LogP) is 2.08. The van der Waals surface area contributed by atoms with Crippen LogP contribution in [0.4, 0.5) is 11.4 Å². The first-order valence-corrected chi connectivity index (χ1v) is 7.13. The van der Waals surface area contributed by atoms with Gasteiger partial charge in [0.2, 0.25) is 5.91 Å². The molecule has 0 aliphatic carbocycles. The maximum atomic E-state index is 12.3. The molecule has 0 radical (unpaired) electrons. The summed E-state index contributed by atoms with van der Waals surface area (Å²) < 4.78 is 0. The molecule has 1 amide bonds. The Balaban J connectivity index is 1.81. The summed E-state index contributed by atoms with van der Waals surface area (Å²) in [5, 5.41) is 6.17. The Morgan fingerprint density at radius 1 is 1.26 bits per heavy atom. The molecule has 102 valence electrons. The van der Waals surface area contributed by atoms with Crippen LogP contribution in [-0.2, 0) is 11.2 Å². The number of anilines is 2. The Hall–Kier alpha value is -1.55. The lowest BCUT2D eigenvalue weighted by Crippen LogP contribution is -2.49. The largest absolute Gasteiger partial charge is 0.388 e. The first-order chi connectivity index (χ1) is 9.28. The zero-order chi connectivity index (χ0) is 13.2. The quantitative estimate of drug-likeness (QED) is 0.854. The summed E-state index contributed by atoms with van der Waals surface area (Å²) in [6.07, 6.45) is 4.57. The molecular weight excluding hydrogens is 238 g/mol. The molecule has 1 saturated heterocycles. The monoisotopic (exact) mass is 259 g/mol. The first-order valence-electron chi connectivity index (χ1n) is 7.13. The van der Waals surface area contributed by atoms with Crippen molar-refractivity contribution in [1.29, 1.82) is 0 Å². The van der Waals surface area contributed by atoms with Crippen molar-refractivity contribution in [3.05, 3.63) is 23.8 Å². The van der Waals surface area contributed by atoms with E-state index < -0.39 is 0 Å². The van der Waals surface area contributed by atoms with Gasteiger partial charge in [-0.05, 0) is 50.0 Å². The van der Waals surface area contributed by atoms with Gasteiger partial charge in [0, 0.05) is 18.4 Å². The minimum Gasteiger partial charge on any atom is -0.388 e. The molecule has 0 aromatic heterocycles. The van der Waals surface area contributed by atoms with Crippen molar-refractivity contribution in [2.45, 2.75) is 31.7 Å². The molecule has 2 N–H and O–H groups in total. The molecule has 1 fully saturated rings. The number of hydrogen-bond acceptors (Lipinski definition) is 3. The first kappa shape index (κ1) is 12.5. The van der Waals surface area contributed by atoms with E-state index in [0.717, 1.165) is 30.9 Å². The lowest BCUT2D eigenvalue weighted by atomic mass is 9.95. The third kappa shape index (κ3) is 2.45. The van der Waals surface area contributed by atoms with Crippen LogP contribution in [0.15, 0.2) is 18.2 Å². The summed E-state index contributed by atoms with van der Waals surface area (Å²) in [6.45, 7) is 2.12. The van der Waals surface area contributed by atoms with Crippen molar-refractivity contribution in [2.75, 3.05) is 30.8 Å². The van der Waals surface area contributed by atoms with Gasteiger partial charge in [-0.25, -0.2) is 0 Å². The highest BCUT2D eigenvalue weighted by Crippen LogP contribution is 2.28. The maximum absolute atomic E-state index is 12.3. The Kier molecular flexibility index (Phi) is 3.42. The molecule has 2 aliphatic heterocycles. The van der Waals surface area contributed by atoms with Gasteiger partial charge in [0.25, 0.3) is 0 Å². The number of fused-ring (bicyclic) bond motifs is 1. The fourth-order valence-electron chi connectivity index (χ4n) is 3.07. The van der Waals surface area contributed by atoms with Crippen LogP contribution in [0.1, 0.15) is 24.8 Å². The van der Waals surface area contributed by atoms with E-state index in [4.69, 9.17) is 0 Å². The van der Waals surface area contributed by atoms with E-state index in [2.05, 4.69) is 27.7 Å². The smallest absolute Gasteiger partial charge is 0.242 e. The number of rotatable bonds is 2. The van der Waals surface area contributed by atoms with E-state index in [1.165, 1.54) is 24.8 Å². The van der Waals surface area contributed by atoms with Crippen LogP contribution in [0.25, 0.3) is 0 Å². The van der Waals surface area contributed by atoms with Crippen molar-refractivity contribution in [3.63, 3.8) is 0 Å². The van der Waals surface area contributed by atoms with Crippen LogP contribution in [0.5, 0.6) is 0 Å². The third-order valence-corrected chi connectivity index (χ3v) is 4.20. The predicted molar refractivity (Wildman–Crippen MR) is 77.5 cm³/mol. The summed E-state index contributed by atoms with van der Waals surface area (Å²) in [5.41, 5.74) is 3.25. The molecule has 1 aromatic carbocycles. The van der Waals surface area contributed by atoms with E-state index in [9.17, 15) is 4.79 Å². The third-order valence-electron chi connectivity index (χ3n) is 4.20. The molecule has 1 unspecified atom stereocenters. The van der Waals surface area contributed by atoms with Gasteiger partial charge in [0.05, 0.1) is 6.04 Å². The average molecular weight is 259 g/mol. The fraction of sp³-hybridized carbons (Fsp3) is 0.533. The average Bonchev–Trinajstić information content (AvgIpc) is 2.47. The number of carbonyl (C=O) groups is 1. The minimum atomic E-state index is 0.0215. The summed E-state index contributed by atoms with van der Waals surface area (Å²) >= 11 is 0. The molecule has 0 saturated carbocycles. The highest BCUT2D eigenvalue weighted by molar-refractivity contribution is 5.98. The number of nitrogens with zero attached hydrogens (tertiary/aromatic N) is 1. The van der Waals surface area contributed by atoms with Crippen LogP contribution >= 0.6 is 0 Å². The van der Waals surface area contributed by atoms with E-state index >= 15 is 0 Å². The van der Waals surface area contributed by atoms with Gasteiger partial charge in [-0.3, -0.25) is 9.69 Å². The lowest BCUT2D eigenvalue weighted by molar-refractivity contribution is -0.122. The topological polar surface area (TPSA) is 44.4 Å². The van der Waals surface area contributed by atoms with Gasteiger partial charge < -0.3 is 10.6 Å². The van der Waals surface area contributed by atoms with E-state index in [0.29, 0.717) is 0 Å². The van der Waals surface area contributed by atoms with Crippen LogP contribution in [-0.4, -0.2) is 37.0 Å². The highest BCUT2D eigenvalue weighted by Gasteiger charge is 2.31. The molecule has 3 rings (SSSR count). The minimum absolute atomic E-state index is 0.0215. The van der Waals surface area contributed by atoms with Gasteiger partial charge in [-0.2, -0.15) is 0 Å². The van der Waals surface area contributed by atoms with E-state index in [1.54, 1.807) is 0 Å². The number of benzene rings is 1. The standard InChI is InChI=1S/C15H21N3O/c1-16-12-6-5-11-9-14(15(19)17-13(11)10-12)18-7-3-2-4-8-18/h5-6,10,14,16H,2-4,7-9H2,1H3,(H,17,19). The molecule has 1 aromatic rings. The number of likely N-dealkylation sites (tertiary alicyclic amines) is 1. The molecule has 0 bridgehead atoms. The van der Waals surface area contributed by atoms with Gasteiger partial charge in [-0.15, -0.1) is 0 Å². The van der Waals surface area contributed by atoms with E-state index in [-0.39, 0.29) is 11.9 Å². The van der Waals surface area contributed by atoms with Gasteiger partial charge >= 0.3 is 0 Å². The Bertz CT molecular complexity index is 480. The number of hydrogen-bond donors (Lipinski definition) is 2. The zero-order valence-corrected chi connectivity index (χ0v) is 11.4. The second-order valence-electron chi connectivity index (χ2n) is 5.43. The SMILES string of the molecule is CNc1ccc2c(c1)NC(=O)C(N1CCCCC1)C2. The number of nitrogens with one attached hydrogen (secondary N) is 2. The second-order valence-corrected chi connectivity index (χ2v) is 5.43. The van der Waals surface area contributed by atoms with Crippen molar-refractivity contribution in [3.8, 4) is 0 Å². The molecule has 4 nitrogen and oxygen atoms in total. The molecule has 4 heteroatoms. The number of piperidine rings is 1. The molecule has 2 aliphatic rings. The molecule has 0 spiro atoms. The van der Waals surface area contributed by atoms with Crippen molar-refractivity contribution >= 4 is 17.3 Å². The lowest BCUT2D eigenvalue weighted by Gasteiger charge is -2.36. The van der Waals surface area contributed by atoms with E-state index in [1.807, 2.05) is 13.1 Å². The van der Waals surface area contributed by atoms with Crippen molar-refractivity contribution in [1.82, 2.24) is 4.90 Å². The summed E-state index contributed by atoms with van der Waals surface area (Å²) in [6, 6.07) is 6.23. The molecule has 1 atom stereocenters. The molecule has 19 heavy (non-hydrogen) atoms. The molecule has 2 heterocycles. The van der Waals surface area contributed by atoms with Crippen LogP contribution in [0.3, 0.4) is 0 Å². The summed E-state index contributed by atoms with van der Waals surface area (Å²) in [5.74, 6) is 0.155. The van der Waals surface area contributed by atoms with Crippen LogP contribution < -0.4 is 10.6 Å². The van der Waals surface area contributed by atoms with Gasteiger partial charge in [0.15, 0.2) is 0 Å². The van der Waals surface area contributed by atoms with Crippen LogP contribution in [0, 0.1) is 0 Å².